The minimum atomic E-state index is -3.44. The summed E-state index contributed by atoms with van der Waals surface area (Å²) in [5.74, 6) is 0. The highest BCUT2D eigenvalue weighted by Gasteiger charge is 2.13. The molecule has 0 saturated heterocycles. The Hall–Kier alpha value is -0.910. The lowest BCUT2D eigenvalue weighted by Gasteiger charge is -2.09. The number of aryl methyl sites for hydroxylation is 1. The van der Waals surface area contributed by atoms with Gasteiger partial charge in [-0.1, -0.05) is 24.6 Å². The van der Waals surface area contributed by atoms with E-state index < -0.39 is 16.1 Å². The Morgan fingerprint density at radius 3 is 2.41 bits per heavy atom. The van der Waals surface area contributed by atoms with E-state index >= 15 is 0 Å². The fraction of sp³-hybridized carbons (Fsp3) is 0.500. The topological polar surface area (TPSA) is 66.4 Å². The molecule has 0 spiro atoms. The molecule has 1 atom stereocenters. The van der Waals surface area contributed by atoms with E-state index in [1.807, 2.05) is 13.8 Å². The van der Waals surface area contributed by atoms with Gasteiger partial charge in [0.1, 0.15) is 0 Å². The second kappa shape index (κ2) is 6.14. The average molecular weight is 257 g/mol. The molecule has 4 nitrogen and oxygen atoms in total. The quantitative estimate of drug-likeness (QED) is 0.810. The predicted molar refractivity (Wildman–Crippen MR) is 67.3 cm³/mol. The third-order valence-corrected chi connectivity index (χ3v) is 4.05. The molecule has 0 aliphatic carbocycles. The van der Waals surface area contributed by atoms with E-state index in [1.165, 1.54) is 0 Å². The van der Waals surface area contributed by atoms with Crippen molar-refractivity contribution in [1.29, 1.82) is 0 Å². The van der Waals surface area contributed by atoms with Gasteiger partial charge in [-0.05, 0) is 31.9 Å². The van der Waals surface area contributed by atoms with Gasteiger partial charge in [-0.3, -0.25) is 0 Å². The van der Waals surface area contributed by atoms with E-state index in [4.69, 9.17) is 0 Å². The zero-order chi connectivity index (χ0) is 12.9. The first-order valence-corrected chi connectivity index (χ1v) is 7.18. The predicted octanol–water partition coefficient (Wildman–Crippen LogP) is 1.43. The number of hydrogen-bond donors (Lipinski definition) is 2. The Labute approximate surface area is 103 Å². The lowest BCUT2D eigenvalue weighted by atomic mass is 10.2. The first-order chi connectivity index (χ1) is 7.95. The highest BCUT2D eigenvalue weighted by Crippen LogP contribution is 2.09. The summed E-state index contributed by atoms with van der Waals surface area (Å²) in [6.07, 6.45) is 0.615. The Bertz CT molecular complexity index is 439. The van der Waals surface area contributed by atoms with E-state index in [0.29, 0.717) is 12.8 Å². The van der Waals surface area contributed by atoms with E-state index in [2.05, 4.69) is 4.72 Å². The van der Waals surface area contributed by atoms with Crippen molar-refractivity contribution in [2.45, 2.75) is 37.7 Å². The second-order valence-corrected chi connectivity index (χ2v) is 5.83. The molecule has 0 aliphatic rings. The summed E-state index contributed by atoms with van der Waals surface area (Å²) in [5.41, 5.74) is 1.02. The molecule has 2 N–H and O–H groups in total. The maximum atomic E-state index is 11.8. The van der Waals surface area contributed by atoms with Crippen molar-refractivity contribution in [3.8, 4) is 0 Å². The van der Waals surface area contributed by atoms with Gasteiger partial charge in [0.25, 0.3) is 0 Å². The highest BCUT2D eigenvalue weighted by atomic mass is 32.2. The van der Waals surface area contributed by atoms with Gasteiger partial charge < -0.3 is 5.11 Å². The standard InChI is InChI=1S/C12H19NO3S/c1-3-11(14)8-9-13-17(15,16)12-6-4-10(2)5-7-12/h4-7,11,13-14H,3,8-9H2,1-2H3. The smallest absolute Gasteiger partial charge is 0.240 e. The van der Waals surface area contributed by atoms with Gasteiger partial charge in [0.05, 0.1) is 11.0 Å². The summed E-state index contributed by atoms with van der Waals surface area (Å²) < 4.78 is 26.1. The van der Waals surface area contributed by atoms with Gasteiger partial charge >= 0.3 is 0 Å². The van der Waals surface area contributed by atoms with Crippen molar-refractivity contribution in [2.24, 2.45) is 0 Å². The largest absolute Gasteiger partial charge is 0.393 e. The maximum Gasteiger partial charge on any atom is 0.240 e. The number of rotatable bonds is 6. The van der Waals surface area contributed by atoms with Crippen LogP contribution in [0.3, 0.4) is 0 Å². The molecule has 0 bridgehead atoms. The number of hydrogen-bond acceptors (Lipinski definition) is 3. The molecule has 1 aromatic rings. The second-order valence-electron chi connectivity index (χ2n) is 4.06. The van der Waals surface area contributed by atoms with Crippen molar-refractivity contribution in [2.75, 3.05) is 6.54 Å². The Morgan fingerprint density at radius 1 is 1.29 bits per heavy atom. The molecule has 0 fully saturated rings. The van der Waals surface area contributed by atoms with Crippen LogP contribution in [0.25, 0.3) is 0 Å². The van der Waals surface area contributed by atoms with E-state index in [-0.39, 0.29) is 11.4 Å². The van der Waals surface area contributed by atoms with Crippen molar-refractivity contribution >= 4 is 10.0 Å². The Balaban J connectivity index is 2.60. The SMILES string of the molecule is CCC(O)CCNS(=O)(=O)c1ccc(C)cc1. The van der Waals surface area contributed by atoms with Crippen molar-refractivity contribution in [3.05, 3.63) is 29.8 Å². The van der Waals surface area contributed by atoms with E-state index in [9.17, 15) is 13.5 Å². The molecule has 17 heavy (non-hydrogen) atoms. The summed E-state index contributed by atoms with van der Waals surface area (Å²) in [6, 6.07) is 6.67. The molecule has 96 valence electrons. The van der Waals surface area contributed by atoms with Crippen LogP contribution < -0.4 is 4.72 Å². The monoisotopic (exact) mass is 257 g/mol. The van der Waals surface area contributed by atoms with Crippen LogP contribution in [-0.4, -0.2) is 26.2 Å². The molecule has 0 radical (unpaired) electrons. The van der Waals surface area contributed by atoms with Crippen LogP contribution >= 0.6 is 0 Å². The Kier molecular flexibility index (Phi) is 5.11. The van der Waals surface area contributed by atoms with E-state index in [0.717, 1.165) is 5.56 Å². The van der Waals surface area contributed by atoms with Gasteiger partial charge in [-0.2, -0.15) is 0 Å². The van der Waals surface area contributed by atoms with Crippen LogP contribution in [0, 0.1) is 6.92 Å². The molecule has 1 rings (SSSR count). The molecule has 1 aromatic carbocycles. The molecule has 0 amide bonds. The molecule has 0 heterocycles. The van der Waals surface area contributed by atoms with Crippen molar-refractivity contribution in [1.82, 2.24) is 4.72 Å². The lowest BCUT2D eigenvalue weighted by molar-refractivity contribution is 0.162. The summed E-state index contributed by atoms with van der Waals surface area (Å²) >= 11 is 0. The van der Waals surface area contributed by atoms with Gasteiger partial charge in [0.15, 0.2) is 0 Å². The van der Waals surface area contributed by atoms with Crippen molar-refractivity contribution in [3.63, 3.8) is 0 Å². The first kappa shape index (κ1) is 14.2. The third kappa shape index (κ3) is 4.46. The summed E-state index contributed by atoms with van der Waals surface area (Å²) in [4.78, 5) is 0.258. The zero-order valence-corrected chi connectivity index (χ0v) is 11.0. The normalized spacial score (nSPS) is 13.6. The number of sulfonamides is 1. The highest BCUT2D eigenvalue weighted by molar-refractivity contribution is 7.89. The fourth-order valence-corrected chi connectivity index (χ4v) is 2.41. The third-order valence-electron chi connectivity index (χ3n) is 2.57. The minimum Gasteiger partial charge on any atom is -0.393 e. The molecule has 1 unspecified atom stereocenters. The van der Waals surface area contributed by atoms with Crippen molar-refractivity contribution < 1.29 is 13.5 Å². The number of aliphatic hydroxyl groups excluding tert-OH is 1. The Morgan fingerprint density at radius 2 is 1.88 bits per heavy atom. The van der Waals surface area contributed by atoms with Crippen LogP contribution in [0.15, 0.2) is 29.2 Å². The first-order valence-electron chi connectivity index (χ1n) is 5.70. The minimum absolute atomic E-state index is 0.255. The summed E-state index contributed by atoms with van der Waals surface area (Å²) in [5, 5.41) is 9.33. The van der Waals surface area contributed by atoms with Crippen LogP contribution in [-0.2, 0) is 10.0 Å². The molecule has 0 aromatic heterocycles. The number of nitrogens with one attached hydrogen (secondary N) is 1. The number of aliphatic hydroxyl groups is 1. The van der Waals surface area contributed by atoms with Gasteiger partial charge in [0, 0.05) is 6.54 Å². The van der Waals surface area contributed by atoms with Gasteiger partial charge in [0.2, 0.25) is 10.0 Å². The van der Waals surface area contributed by atoms with Crippen LogP contribution in [0.4, 0.5) is 0 Å². The molecular weight excluding hydrogens is 238 g/mol. The summed E-state index contributed by atoms with van der Waals surface area (Å²) in [7, 11) is -3.44. The average Bonchev–Trinajstić information content (AvgIpc) is 2.29. The molecular formula is C12H19NO3S. The molecule has 0 saturated carbocycles. The van der Waals surface area contributed by atoms with Crippen LogP contribution in [0.5, 0.6) is 0 Å². The molecule has 0 aliphatic heterocycles. The van der Waals surface area contributed by atoms with Gasteiger partial charge in [-0.15, -0.1) is 0 Å². The van der Waals surface area contributed by atoms with Crippen LogP contribution in [0.1, 0.15) is 25.3 Å². The van der Waals surface area contributed by atoms with E-state index in [1.54, 1.807) is 24.3 Å². The van der Waals surface area contributed by atoms with Crippen LogP contribution in [0.2, 0.25) is 0 Å². The molecule has 5 heteroatoms. The maximum absolute atomic E-state index is 11.8. The fourth-order valence-electron chi connectivity index (χ4n) is 1.36. The number of benzene rings is 1. The van der Waals surface area contributed by atoms with Gasteiger partial charge in [-0.25, -0.2) is 13.1 Å². The zero-order valence-electron chi connectivity index (χ0n) is 10.2. The summed E-state index contributed by atoms with van der Waals surface area (Å²) in [6.45, 7) is 4.02. The lowest BCUT2D eigenvalue weighted by Crippen LogP contribution is -2.27.